The molecule has 3 rings (SSSR count). The number of carbonyl (C=O) groups excluding carboxylic acids is 2. The molecule has 154 valence electrons. The van der Waals surface area contributed by atoms with E-state index in [1.165, 1.54) is 12.5 Å². The summed E-state index contributed by atoms with van der Waals surface area (Å²) in [5, 5.41) is 2.84. The van der Waals surface area contributed by atoms with Gasteiger partial charge in [0.05, 0.1) is 6.10 Å². The molecule has 2 fully saturated rings. The maximum atomic E-state index is 12.6. The van der Waals surface area contributed by atoms with Crippen LogP contribution in [0.25, 0.3) is 0 Å². The van der Waals surface area contributed by atoms with Gasteiger partial charge in [0.15, 0.2) is 0 Å². The molecule has 1 aromatic carbocycles. The van der Waals surface area contributed by atoms with Gasteiger partial charge >= 0.3 is 0 Å². The topological polar surface area (TPSA) is 87.9 Å². The van der Waals surface area contributed by atoms with Crippen LogP contribution in [0, 0.1) is 0 Å². The Morgan fingerprint density at radius 3 is 2.75 bits per heavy atom. The fraction of sp³-hybridized carbons (Fsp3) is 0.619. The van der Waals surface area contributed by atoms with Gasteiger partial charge in [-0.3, -0.25) is 14.5 Å². The van der Waals surface area contributed by atoms with Crippen LogP contribution in [0.5, 0.6) is 0 Å². The number of hydrogen-bond donors (Lipinski definition) is 2. The van der Waals surface area contributed by atoms with Crippen LogP contribution in [0.2, 0.25) is 0 Å². The van der Waals surface area contributed by atoms with E-state index in [1.54, 1.807) is 4.90 Å². The Labute approximate surface area is 167 Å². The quantitative estimate of drug-likeness (QED) is 0.686. The molecule has 7 nitrogen and oxygen atoms in total. The first-order valence-electron chi connectivity index (χ1n) is 10.2. The highest BCUT2D eigenvalue weighted by Crippen LogP contribution is 2.26. The van der Waals surface area contributed by atoms with Crippen molar-refractivity contribution in [3.8, 4) is 0 Å². The SMILES string of the molecule is CC(=O)N1CC(N(Cc2ccccc2)CC2CCCO2)CC1C(=O)NCCN. The highest BCUT2D eigenvalue weighted by Gasteiger charge is 2.41. The molecule has 28 heavy (non-hydrogen) atoms. The summed E-state index contributed by atoms with van der Waals surface area (Å²) in [4.78, 5) is 28.9. The summed E-state index contributed by atoms with van der Waals surface area (Å²) in [6.07, 6.45) is 3.02. The number of nitrogens with zero attached hydrogens (tertiary/aromatic N) is 2. The van der Waals surface area contributed by atoms with E-state index in [2.05, 4.69) is 22.3 Å². The van der Waals surface area contributed by atoms with E-state index >= 15 is 0 Å². The number of hydrogen-bond acceptors (Lipinski definition) is 5. The van der Waals surface area contributed by atoms with Crippen LogP contribution in [-0.4, -0.2) is 72.6 Å². The molecular weight excluding hydrogens is 356 g/mol. The Morgan fingerprint density at radius 2 is 2.11 bits per heavy atom. The minimum atomic E-state index is -0.434. The molecule has 2 heterocycles. The number of nitrogens with one attached hydrogen (secondary N) is 1. The monoisotopic (exact) mass is 388 g/mol. The van der Waals surface area contributed by atoms with Crippen LogP contribution >= 0.6 is 0 Å². The van der Waals surface area contributed by atoms with Crippen molar-refractivity contribution >= 4 is 11.8 Å². The van der Waals surface area contributed by atoms with Crippen LogP contribution in [-0.2, 0) is 20.9 Å². The summed E-state index contributed by atoms with van der Waals surface area (Å²) in [7, 11) is 0. The molecule has 2 saturated heterocycles. The molecule has 0 spiro atoms. The molecule has 0 saturated carbocycles. The van der Waals surface area contributed by atoms with Gasteiger partial charge in [0.25, 0.3) is 0 Å². The third-order valence-corrected chi connectivity index (χ3v) is 5.64. The van der Waals surface area contributed by atoms with E-state index < -0.39 is 6.04 Å². The van der Waals surface area contributed by atoms with Gasteiger partial charge in [0.2, 0.25) is 11.8 Å². The van der Waals surface area contributed by atoms with Crippen molar-refractivity contribution in [2.24, 2.45) is 5.73 Å². The average Bonchev–Trinajstić information content (AvgIpc) is 3.36. The first kappa shape index (κ1) is 20.8. The van der Waals surface area contributed by atoms with Crippen LogP contribution in [0.4, 0.5) is 0 Å². The van der Waals surface area contributed by atoms with Crippen LogP contribution in [0.15, 0.2) is 30.3 Å². The summed E-state index contributed by atoms with van der Waals surface area (Å²) in [6.45, 7) is 5.34. The minimum absolute atomic E-state index is 0.0628. The van der Waals surface area contributed by atoms with Gasteiger partial charge < -0.3 is 20.7 Å². The molecule has 1 aromatic rings. The van der Waals surface area contributed by atoms with Gasteiger partial charge in [-0.15, -0.1) is 0 Å². The number of benzene rings is 1. The lowest BCUT2D eigenvalue weighted by molar-refractivity contribution is -0.136. The minimum Gasteiger partial charge on any atom is -0.377 e. The second kappa shape index (κ2) is 10.0. The Balaban J connectivity index is 1.74. The first-order chi connectivity index (χ1) is 13.6. The van der Waals surface area contributed by atoms with Crippen molar-refractivity contribution in [3.63, 3.8) is 0 Å². The molecule has 0 aliphatic carbocycles. The fourth-order valence-corrected chi connectivity index (χ4v) is 4.20. The normalized spacial score (nSPS) is 24.7. The van der Waals surface area contributed by atoms with Gasteiger partial charge in [0, 0.05) is 52.3 Å². The zero-order valence-electron chi connectivity index (χ0n) is 16.7. The number of ether oxygens (including phenoxy) is 1. The summed E-state index contributed by atoms with van der Waals surface area (Å²) < 4.78 is 5.87. The average molecular weight is 389 g/mol. The lowest BCUT2D eigenvalue weighted by Crippen LogP contribution is -2.46. The van der Waals surface area contributed by atoms with Crippen molar-refractivity contribution in [2.45, 2.75) is 50.9 Å². The summed E-state index contributed by atoms with van der Waals surface area (Å²) in [5.41, 5.74) is 6.73. The Morgan fingerprint density at radius 1 is 1.32 bits per heavy atom. The fourth-order valence-electron chi connectivity index (χ4n) is 4.20. The van der Waals surface area contributed by atoms with E-state index in [-0.39, 0.29) is 24.0 Å². The lowest BCUT2D eigenvalue weighted by Gasteiger charge is -2.31. The van der Waals surface area contributed by atoms with Crippen molar-refractivity contribution in [1.82, 2.24) is 15.1 Å². The third kappa shape index (κ3) is 5.31. The largest absolute Gasteiger partial charge is 0.377 e. The predicted molar refractivity (Wildman–Crippen MR) is 107 cm³/mol. The molecule has 3 unspecified atom stereocenters. The maximum absolute atomic E-state index is 12.6. The third-order valence-electron chi connectivity index (χ3n) is 5.64. The van der Waals surface area contributed by atoms with Crippen molar-refractivity contribution in [2.75, 3.05) is 32.8 Å². The Hall–Kier alpha value is -1.96. The van der Waals surface area contributed by atoms with Crippen LogP contribution in [0.1, 0.15) is 31.7 Å². The molecule has 0 radical (unpaired) electrons. The molecule has 2 aliphatic rings. The van der Waals surface area contributed by atoms with Gasteiger partial charge in [-0.25, -0.2) is 0 Å². The Bertz CT molecular complexity index is 648. The van der Waals surface area contributed by atoms with Gasteiger partial charge in [0.1, 0.15) is 6.04 Å². The lowest BCUT2D eigenvalue weighted by atomic mass is 10.1. The van der Waals surface area contributed by atoms with Crippen molar-refractivity contribution < 1.29 is 14.3 Å². The number of rotatable bonds is 8. The van der Waals surface area contributed by atoms with Crippen molar-refractivity contribution in [1.29, 1.82) is 0 Å². The summed E-state index contributed by atoms with van der Waals surface area (Å²) in [5.74, 6) is -0.174. The van der Waals surface area contributed by atoms with Gasteiger partial charge in [-0.05, 0) is 24.8 Å². The van der Waals surface area contributed by atoms with Crippen LogP contribution < -0.4 is 11.1 Å². The smallest absolute Gasteiger partial charge is 0.242 e. The molecule has 7 heteroatoms. The molecule has 0 aromatic heterocycles. The molecular formula is C21H32N4O3. The second-order valence-corrected chi connectivity index (χ2v) is 7.71. The Kier molecular flexibility index (Phi) is 7.42. The molecule has 2 aliphatic heterocycles. The van der Waals surface area contributed by atoms with E-state index in [4.69, 9.17) is 10.5 Å². The highest BCUT2D eigenvalue weighted by molar-refractivity contribution is 5.87. The van der Waals surface area contributed by atoms with E-state index in [9.17, 15) is 9.59 Å². The molecule has 2 amide bonds. The van der Waals surface area contributed by atoms with E-state index in [0.717, 1.165) is 32.5 Å². The number of nitrogens with two attached hydrogens (primary N) is 1. The van der Waals surface area contributed by atoms with Crippen molar-refractivity contribution in [3.05, 3.63) is 35.9 Å². The predicted octanol–water partition coefficient (Wildman–Crippen LogP) is 0.732. The van der Waals surface area contributed by atoms with Gasteiger partial charge in [-0.2, -0.15) is 0 Å². The standard InChI is InChI=1S/C21H32N4O3/c1-16(26)25-14-18(12-20(25)21(27)23-10-9-22)24(15-19-8-5-11-28-19)13-17-6-3-2-4-7-17/h2-4,6-7,18-20H,5,8-15,22H2,1H3,(H,23,27). The number of carbonyl (C=O) groups is 2. The molecule has 3 N–H and O–H groups in total. The highest BCUT2D eigenvalue weighted by atomic mass is 16.5. The number of amides is 2. The van der Waals surface area contributed by atoms with Crippen LogP contribution in [0.3, 0.4) is 0 Å². The van der Waals surface area contributed by atoms with Gasteiger partial charge in [-0.1, -0.05) is 30.3 Å². The first-order valence-corrected chi connectivity index (χ1v) is 10.2. The number of likely N-dealkylation sites (tertiary alicyclic amines) is 1. The second-order valence-electron chi connectivity index (χ2n) is 7.71. The zero-order chi connectivity index (χ0) is 19.9. The maximum Gasteiger partial charge on any atom is 0.242 e. The van der Waals surface area contributed by atoms with E-state index in [0.29, 0.717) is 26.1 Å². The summed E-state index contributed by atoms with van der Waals surface area (Å²) in [6, 6.07) is 10.0. The zero-order valence-corrected chi connectivity index (χ0v) is 16.7. The molecule has 3 atom stereocenters. The summed E-state index contributed by atoms with van der Waals surface area (Å²) >= 11 is 0. The van der Waals surface area contributed by atoms with E-state index in [1.807, 2.05) is 18.2 Å². The molecule has 0 bridgehead atoms.